The SMILES string of the molecule is O=c1ccccn1CCOc1ccc2c(c1)[C@@H](O)CCC2. The monoisotopic (exact) mass is 285 g/mol. The van der Waals surface area contributed by atoms with Gasteiger partial charge in [0.15, 0.2) is 0 Å². The van der Waals surface area contributed by atoms with E-state index in [1.165, 1.54) is 11.6 Å². The molecule has 0 aliphatic heterocycles. The number of nitrogens with zero attached hydrogens (tertiary/aromatic N) is 1. The lowest BCUT2D eigenvalue weighted by Crippen LogP contribution is -2.21. The van der Waals surface area contributed by atoms with Gasteiger partial charge < -0.3 is 14.4 Å². The van der Waals surface area contributed by atoms with Crippen molar-refractivity contribution in [3.63, 3.8) is 0 Å². The third-order valence-electron chi connectivity index (χ3n) is 3.90. The molecule has 0 spiro atoms. The van der Waals surface area contributed by atoms with Crippen molar-refractivity contribution in [1.29, 1.82) is 0 Å². The van der Waals surface area contributed by atoms with Gasteiger partial charge in [0.2, 0.25) is 0 Å². The van der Waals surface area contributed by atoms with E-state index in [0.29, 0.717) is 13.2 Å². The molecule has 0 radical (unpaired) electrons. The van der Waals surface area contributed by atoms with E-state index < -0.39 is 0 Å². The van der Waals surface area contributed by atoms with Crippen LogP contribution in [0.1, 0.15) is 30.1 Å². The highest BCUT2D eigenvalue weighted by atomic mass is 16.5. The summed E-state index contributed by atoms with van der Waals surface area (Å²) in [5, 5.41) is 10.0. The van der Waals surface area contributed by atoms with Gasteiger partial charge >= 0.3 is 0 Å². The minimum Gasteiger partial charge on any atom is -0.492 e. The van der Waals surface area contributed by atoms with E-state index >= 15 is 0 Å². The van der Waals surface area contributed by atoms with E-state index in [4.69, 9.17) is 4.74 Å². The van der Waals surface area contributed by atoms with Gasteiger partial charge in [-0.15, -0.1) is 0 Å². The zero-order valence-corrected chi connectivity index (χ0v) is 11.9. The molecule has 0 unspecified atom stereocenters. The van der Waals surface area contributed by atoms with E-state index in [1.807, 2.05) is 24.3 Å². The Kier molecular flexibility index (Phi) is 4.06. The summed E-state index contributed by atoms with van der Waals surface area (Å²) in [5.74, 6) is 0.749. The van der Waals surface area contributed by atoms with Gasteiger partial charge in [0.05, 0.1) is 12.6 Å². The Bertz CT molecular complexity index is 678. The number of rotatable bonds is 4. The lowest BCUT2D eigenvalue weighted by atomic mass is 9.89. The van der Waals surface area contributed by atoms with Crippen molar-refractivity contribution in [1.82, 2.24) is 4.57 Å². The number of hydrogen-bond donors (Lipinski definition) is 1. The fourth-order valence-corrected chi connectivity index (χ4v) is 2.75. The van der Waals surface area contributed by atoms with Crippen LogP contribution in [0.4, 0.5) is 0 Å². The van der Waals surface area contributed by atoms with Gasteiger partial charge in [0.1, 0.15) is 12.4 Å². The van der Waals surface area contributed by atoms with E-state index in [9.17, 15) is 9.90 Å². The molecule has 1 aliphatic carbocycles. The lowest BCUT2D eigenvalue weighted by molar-refractivity contribution is 0.156. The number of aryl methyl sites for hydroxylation is 1. The molecule has 4 nitrogen and oxygen atoms in total. The van der Waals surface area contributed by atoms with E-state index in [1.54, 1.807) is 16.8 Å². The smallest absolute Gasteiger partial charge is 0.250 e. The van der Waals surface area contributed by atoms with Crippen LogP contribution in [0.2, 0.25) is 0 Å². The molecule has 110 valence electrons. The Morgan fingerprint density at radius 1 is 1.29 bits per heavy atom. The zero-order chi connectivity index (χ0) is 14.7. The van der Waals surface area contributed by atoms with Gasteiger partial charge in [0, 0.05) is 12.3 Å². The standard InChI is InChI=1S/C17H19NO3/c19-16-5-3-4-13-7-8-14(12-15(13)16)21-11-10-18-9-2-1-6-17(18)20/h1-2,6-9,12,16,19H,3-5,10-11H2/t16-/m0/s1. The van der Waals surface area contributed by atoms with Crippen LogP contribution in [0, 0.1) is 0 Å². The molecule has 1 atom stereocenters. The lowest BCUT2D eigenvalue weighted by Gasteiger charge is -2.22. The van der Waals surface area contributed by atoms with E-state index in [2.05, 4.69) is 0 Å². The quantitative estimate of drug-likeness (QED) is 0.937. The summed E-state index contributed by atoms with van der Waals surface area (Å²) >= 11 is 0. The third-order valence-corrected chi connectivity index (χ3v) is 3.90. The second-order valence-electron chi connectivity index (χ2n) is 5.35. The second-order valence-corrected chi connectivity index (χ2v) is 5.35. The first-order chi connectivity index (χ1) is 10.2. The molecule has 2 aromatic rings. The minimum absolute atomic E-state index is 0.0260. The van der Waals surface area contributed by atoms with Crippen molar-refractivity contribution >= 4 is 0 Å². The van der Waals surface area contributed by atoms with Crippen molar-refractivity contribution < 1.29 is 9.84 Å². The summed E-state index contributed by atoms with van der Waals surface area (Å²) in [5.41, 5.74) is 2.16. The summed E-state index contributed by atoms with van der Waals surface area (Å²) < 4.78 is 7.33. The maximum atomic E-state index is 11.6. The highest BCUT2D eigenvalue weighted by Crippen LogP contribution is 2.32. The van der Waals surface area contributed by atoms with Gasteiger partial charge in [0.25, 0.3) is 5.56 Å². The van der Waals surface area contributed by atoms with Crippen LogP contribution in [0.15, 0.2) is 47.4 Å². The molecule has 3 rings (SSSR count). The molecule has 0 bridgehead atoms. The summed E-state index contributed by atoms with van der Waals surface area (Å²) in [7, 11) is 0. The number of fused-ring (bicyclic) bond motifs is 1. The molecule has 1 heterocycles. The predicted octanol–water partition coefficient (Wildman–Crippen LogP) is 2.30. The molecule has 0 amide bonds. The number of ether oxygens (including phenoxy) is 1. The summed E-state index contributed by atoms with van der Waals surface area (Å²) in [6.07, 6.45) is 4.24. The maximum Gasteiger partial charge on any atom is 0.250 e. The van der Waals surface area contributed by atoms with Crippen LogP contribution < -0.4 is 10.3 Å². The van der Waals surface area contributed by atoms with Crippen molar-refractivity contribution in [2.24, 2.45) is 0 Å². The van der Waals surface area contributed by atoms with Crippen LogP contribution in [0.5, 0.6) is 5.75 Å². The first-order valence-electron chi connectivity index (χ1n) is 7.33. The van der Waals surface area contributed by atoms with Gasteiger partial charge in [-0.25, -0.2) is 0 Å². The molecular weight excluding hydrogens is 266 g/mol. The van der Waals surface area contributed by atoms with E-state index in [-0.39, 0.29) is 11.7 Å². The third kappa shape index (κ3) is 3.16. The topological polar surface area (TPSA) is 51.5 Å². The molecule has 1 aromatic carbocycles. The highest BCUT2D eigenvalue weighted by molar-refractivity contribution is 5.38. The number of aliphatic hydroxyl groups excluding tert-OH is 1. The van der Waals surface area contributed by atoms with Crippen molar-refractivity contribution in [3.8, 4) is 5.75 Å². The Morgan fingerprint density at radius 3 is 3.05 bits per heavy atom. The molecule has 21 heavy (non-hydrogen) atoms. The van der Waals surface area contributed by atoms with Gasteiger partial charge in [-0.2, -0.15) is 0 Å². The Morgan fingerprint density at radius 2 is 2.19 bits per heavy atom. The van der Waals surface area contributed by atoms with Gasteiger partial charge in [-0.1, -0.05) is 12.1 Å². The molecule has 1 N–H and O–H groups in total. The average Bonchev–Trinajstić information content (AvgIpc) is 2.50. The molecule has 0 saturated carbocycles. The number of benzene rings is 1. The molecular formula is C17H19NO3. The van der Waals surface area contributed by atoms with Crippen LogP contribution in [0.25, 0.3) is 0 Å². The number of aromatic nitrogens is 1. The fourth-order valence-electron chi connectivity index (χ4n) is 2.75. The number of hydrogen-bond acceptors (Lipinski definition) is 3. The van der Waals surface area contributed by atoms with E-state index in [0.717, 1.165) is 30.6 Å². The van der Waals surface area contributed by atoms with Crippen LogP contribution in [-0.4, -0.2) is 16.3 Å². The summed E-state index contributed by atoms with van der Waals surface area (Å²) in [4.78, 5) is 11.6. The molecule has 0 saturated heterocycles. The molecule has 1 aliphatic rings. The van der Waals surface area contributed by atoms with Gasteiger partial charge in [-0.05, 0) is 48.6 Å². The van der Waals surface area contributed by atoms with Crippen LogP contribution in [0.3, 0.4) is 0 Å². The zero-order valence-electron chi connectivity index (χ0n) is 11.9. The first-order valence-corrected chi connectivity index (χ1v) is 7.33. The van der Waals surface area contributed by atoms with Crippen molar-refractivity contribution in [2.45, 2.75) is 31.9 Å². The molecule has 0 fully saturated rings. The maximum absolute atomic E-state index is 11.6. The second kappa shape index (κ2) is 6.14. The Balaban J connectivity index is 1.65. The first kappa shape index (κ1) is 13.9. The Hall–Kier alpha value is -2.07. The fraction of sp³-hybridized carbons (Fsp3) is 0.353. The number of aliphatic hydroxyl groups is 1. The largest absolute Gasteiger partial charge is 0.492 e. The normalized spacial score (nSPS) is 17.3. The molecule has 1 aromatic heterocycles. The van der Waals surface area contributed by atoms with Crippen LogP contribution >= 0.6 is 0 Å². The predicted molar refractivity (Wildman–Crippen MR) is 80.5 cm³/mol. The van der Waals surface area contributed by atoms with Crippen molar-refractivity contribution in [2.75, 3.05) is 6.61 Å². The summed E-state index contributed by atoms with van der Waals surface area (Å²) in [6, 6.07) is 11.0. The average molecular weight is 285 g/mol. The molecule has 4 heteroatoms. The summed E-state index contributed by atoms with van der Waals surface area (Å²) in [6.45, 7) is 0.943. The number of pyridine rings is 1. The van der Waals surface area contributed by atoms with Crippen molar-refractivity contribution in [3.05, 3.63) is 64.1 Å². The van der Waals surface area contributed by atoms with Gasteiger partial charge in [-0.3, -0.25) is 4.79 Å². The highest BCUT2D eigenvalue weighted by Gasteiger charge is 2.18. The van der Waals surface area contributed by atoms with Crippen LogP contribution in [-0.2, 0) is 13.0 Å². The Labute approximate surface area is 123 Å². The minimum atomic E-state index is -0.381.